The molecule has 0 radical (unpaired) electrons. The fourth-order valence-electron chi connectivity index (χ4n) is 7.30. The van der Waals surface area contributed by atoms with Crippen LogP contribution in [-0.4, -0.2) is 40.7 Å². The topological polar surface area (TPSA) is 102 Å². The molecular formula is C31H31N3O5. The van der Waals surface area contributed by atoms with Crippen LogP contribution in [0.1, 0.15) is 58.3 Å². The lowest BCUT2D eigenvalue weighted by molar-refractivity contribution is -0.384. The normalized spacial score (nSPS) is 25.4. The third-order valence-electron chi connectivity index (χ3n) is 8.65. The standard InChI is InChI=1S/C31H31N3O5/c1-4-39-23-12-10-20(11-13-23)29(35)27-26(21-7-5-8-22(17-21)34(37)38)25-9-6-14-33(25)31(27)24-16-18(2)15-19(3)28(24)32-30(31)36/h5,7-8,10-13,15-17,25-27H,4,6,9,14H2,1-3H3,(H,32,36)/t25?,26?,27?,31-/m1/s1. The van der Waals surface area contributed by atoms with Gasteiger partial charge in [-0.2, -0.15) is 0 Å². The van der Waals surface area contributed by atoms with Gasteiger partial charge in [-0.25, -0.2) is 0 Å². The summed E-state index contributed by atoms with van der Waals surface area (Å²) in [6, 6.07) is 17.6. The summed E-state index contributed by atoms with van der Waals surface area (Å²) in [7, 11) is 0. The Bertz CT molecular complexity index is 1500. The van der Waals surface area contributed by atoms with Gasteiger partial charge in [-0.3, -0.25) is 24.6 Å². The summed E-state index contributed by atoms with van der Waals surface area (Å²) in [6.07, 6.45) is 1.69. The van der Waals surface area contributed by atoms with E-state index in [-0.39, 0.29) is 23.4 Å². The third-order valence-corrected chi connectivity index (χ3v) is 8.65. The Morgan fingerprint density at radius 1 is 1.15 bits per heavy atom. The van der Waals surface area contributed by atoms with Crippen molar-refractivity contribution in [2.45, 2.75) is 51.1 Å². The van der Waals surface area contributed by atoms with Gasteiger partial charge in [0.15, 0.2) is 5.78 Å². The Morgan fingerprint density at radius 3 is 2.64 bits per heavy atom. The number of nitro groups is 1. The van der Waals surface area contributed by atoms with Crippen molar-refractivity contribution in [2.24, 2.45) is 5.92 Å². The molecule has 8 nitrogen and oxygen atoms in total. The quantitative estimate of drug-likeness (QED) is 0.258. The molecule has 6 rings (SSSR count). The van der Waals surface area contributed by atoms with E-state index in [9.17, 15) is 19.7 Å². The van der Waals surface area contributed by atoms with Gasteiger partial charge >= 0.3 is 0 Å². The number of aryl methyl sites for hydroxylation is 2. The van der Waals surface area contributed by atoms with Crippen molar-refractivity contribution in [2.75, 3.05) is 18.5 Å². The van der Waals surface area contributed by atoms with Crippen LogP contribution in [0.5, 0.6) is 5.75 Å². The van der Waals surface area contributed by atoms with Gasteiger partial charge in [-0.1, -0.05) is 29.8 Å². The minimum Gasteiger partial charge on any atom is -0.494 e. The van der Waals surface area contributed by atoms with E-state index in [0.717, 1.165) is 35.2 Å². The van der Waals surface area contributed by atoms with Gasteiger partial charge in [0.25, 0.3) is 5.69 Å². The fraction of sp³-hybridized carbons (Fsp3) is 0.355. The first kappa shape index (κ1) is 25.2. The second kappa shape index (κ2) is 9.31. The zero-order chi connectivity index (χ0) is 27.5. The number of amides is 1. The lowest BCUT2D eigenvalue weighted by Crippen LogP contribution is -2.52. The molecule has 2 fully saturated rings. The summed E-state index contributed by atoms with van der Waals surface area (Å²) in [6.45, 7) is 7.06. The molecule has 3 heterocycles. The molecule has 39 heavy (non-hydrogen) atoms. The van der Waals surface area contributed by atoms with E-state index in [1.807, 2.05) is 39.0 Å². The largest absolute Gasteiger partial charge is 0.494 e. The van der Waals surface area contributed by atoms with Gasteiger partial charge < -0.3 is 10.1 Å². The highest BCUT2D eigenvalue weighted by Crippen LogP contribution is 2.61. The van der Waals surface area contributed by atoms with Crippen molar-refractivity contribution in [3.05, 3.63) is 98.6 Å². The van der Waals surface area contributed by atoms with Crippen LogP contribution in [0.25, 0.3) is 0 Å². The summed E-state index contributed by atoms with van der Waals surface area (Å²) in [5, 5.41) is 14.9. The van der Waals surface area contributed by atoms with E-state index >= 15 is 0 Å². The molecule has 0 bridgehead atoms. The Hall–Kier alpha value is -4.04. The minimum absolute atomic E-state index is 0.0202. The van der Waals surface area contributed by atoms with E-state index in [4.69, 9.17) is 4.74 Å². The number of nitrogens with one attached hydrogen (secondary N) is 1. The molecule has 4 atom stereocenters. The fourth-order valence-corrected chi connectivity index (χ4v) is 7.30. The number of ketones is 1. The number of carbonyl (C=O) groups excluding carboxylic acids is 2. The first-order chi connectivity index (χ1) is 18.8. The first-order valence-electron chi connectivity index (χ1n) is 13.5. The molecule has 3 aliphatic heterocycles. The Balaban J connectivity index is 1.60. The molecular weight excluding hydrogens is 494 g/mol. The zero-order valence-electron chi connectivity index (χ0n) is 22.3. The van der Waals surface area contributed by atoms with Crippen LogP contribution in [0.4, 0.5) is 11.4 Å². The summed E-state index contributed by atoms with van der Waals surface area (Å²) in [4.78, 5) is 42.4. The Labute approximate surface area is 227 Å². The highest BCUT2D eigenvalue weighted by atomic mass is 16.6. The van der Waals surface area contributed by atoms with Gasteiger partial charge in [0, 0.05) is 40.9 Å². The molecule has 3 aromatic carbocycles. The molecule has 1 N–H and O–H groups in total. The molecule has 0 aromatic heterocycles. The van der Waals surface area contributed by atoms with E-state index in [0.29, 0.717) is 30.0 Å². The molecule has 1 spiro atoms. The lowest BCUT2D eigenvalue weighted by Gasteiger charge is -2.37. The van der Waals surface area contributed by atoms with Gasteiger partial charge in [-0.15, -0.1) is 0 Å². The number of nitro benzene ring substituents is 1. The monoisotopic (exact) mass is 525 g/mol. The SMILES string of the molecule is CCOc1ccc(C(=O)C2C(c3cccc([N+](=O)[O-])c3)C3CCCN3[C@@]23C(=O)Nc2c(C)cc(C)cc23)cc1. The highest BCUT2D eigenvalue weighted by molar-refractivity contribution is 6.13. The Kier molecular flexibility index (Phi) is 6.03. The number of fused-ring (bicyclic) bond motifs is 4. The maximum atomic E-state index is 14.7. The third kappa shape index (κ3) is 3.69. The molecule has 2 saturated heterocycles. The number of carbonyl (C=O) groups is 2. The van der Waals surface area contributed by atoms with Gasteiger partial charge in [-0.05, 0) is 75.5 Å². The zero-order valence-corrected chi connectivity index (χ0v) is 22.3. The summed E-state index contributed by atoms with van der Waals surface area (Å²) < 4.78 is 5.59. The van der Waals surface area contributed by atoms with Crippen molar-refractivity contribution >= 4 is 23.1 Å². The average Bonchev–Trinajstić information content (AvgIpc) is 3.58. The van der Waals surface area contributed by atoms with Crippen molar-refractivity contribution in [1.82, 2.24) is 4.90 Å². The predicted octanol–water partition coefficient (Wildman–Crippen LogP) is 5.52. The number of Topliss-reactive ketones (excluding diaryl/α,β-unsaturated/α-hetero) is 1. The van der Waals surface area contributed by atoms with Crippen LogP contribution in [0.2, 0.25) is 0 Å². The number of hydrogen-bond donors (Lipinski definition) is 1. The summed E-state index contributed by atoms with van der Waals surface area (Å²) >= 11 is 0. The first-order valence-corrected chi connectivity index (χ1v) is 13.5. The number of hydrogen-bond acceptors (Lipinski definition) is 6. The maximum Gasteiger partial charge on any atom is 0.269 e. The number of nitrogens with zero attached hydrogens (tertiary/aromatic N) is 2. The van der Waals surface area contributed by atoms with E-state index < -0.39 is 22.3 Å². The second-order valence-electron chi connectivity index (χ2n) is 10.8. The van der Waals surface area contributed by atoms with Crippen molar-refractivity contribution < 1.29 is 19.2 Å². The predicted molar refractivity (Wildman–Crippen MR) is 147 cm³/mol. The number of ether oxygens (including phenoxy) is 1. The average molecular weight is 526 g/mol. The van der Waals surface area contributed by atoms with Gasteiger partial charge in [0.1, 0.15) is 11.3 Å². The molecule has 3 aromatic rings. The minimum atomic E-state index is -1.21. The van der Waals surface area contributed by atoms with Crippen LogP contribution in [-0.2, 0) is 10.3 Å². The number of anilines is 1. The van der Waals surface area contributed by atoms with Crippen LogP contribution < -0.4 is 10.1 Å². The summed E-state index contributed by atoms with van der Waals surface area (Å²) in [5.41, 5.74) is 3.54. The molecule has 3 aliphatic rings. The second-order valence-corrected chi connectivity index (χ2v) is 10.8. The van der Waals surface area contributed by atoms with Crippen molar-refractivity contribution in [1.29, 1.82) is 0 Å². The van der Waals surface area contributed by atoms with E-state index in [2.05, 4.69) is 10.2 Å². The molecule has 1 amide bonds. The van der Waals surface area contributed by atoms with Crippen molar-refractivity contribution in [3.8, 4) is 5.75 Å². The van der Waals surface area contributed by atoms with Crippen LogP contribution in [0.3, 0.4) is 0 Å². The Morgan fingerprint density at radius 2 is 1.92 bits per heavy atom. The van der Waals surface area contributed by atoms with E-state index in [1.165, 1.54) is 6.07 Å². The molecule has 8 heteroatoms. The van der Waals surface area contributed by atoms with E-state index in [1.54, 1.807) is 36.4 Å². The van der Waals surface area contributed by atoms with Crippen LogP contribution >= 0.6 is 0 Å². The maximum absolute atomic E-state index is 14.7. The highest BCUT2D eigenvalue weighted by Gasteiger charge is 2.69. The smallest absolute Gasteiger partial charge is 0.269 e. The van der Waals surface area contributed by atoms with Crippen LogP contribution in [0.15, 0.2) is 60.7 Å². The molecule has 0 aliphatic carbocycles. The lowest BCUT2D eigenvalue weighted by atomic mass is 9.68. The van der Waals surface area contributed by atoms with Gasteiger partial charge in [0.05, 0.1) is 17.4 Å². The van der Waals surface area contributed by atoms with Crippen LogP contribution in [0, 0.1) is 29.9 Å². The molecule has 0 saturated carbocycles. The molecule has 200 valence electrons. The number of non-ortho nitro benzene ring substituents is 1. The van der Waals surface area contributed by atoms with Crippen molar-refractivity contribution in [3.63, 3.8) is 0 Å². The number of rotatable bonds is 6. The van der Waals surface area contributed by atoms with Gasteiger partial charge in [0.2, 0.25) is 5.91 Å². The number of benzene rings is 3. The molecule has 3 unspecified atom stereocenters. The summed E-state index contributed by atoms with van der Waals surface area (Å²) in [5.74, 6) is -0.850.